The minimum absolute atomic E-state index is 0.0487. The molecule has 6 unspecified atom stereocenters. The third-order valence-electron chi connectivity index (χ3n) is 14.0. The van der Waals surface area contributed by atoms with Gasteiger partial charge in [0, 0.05) is 19.3 Å². The standard InChI is InChI=1S/C61H110O12/c1-4-7-10-13-16-19-22-24-25-26-27-28-29-31-33-35-38-41-44-47-53(62)69-50-52(71-54(63)48-45-42-39-36-32-21-18-15-12-9-6-3)51-70-61-59(57(66)56(65)58(73-61)60(67)68)72-55(64)49-46-43-40-37-34-30-23-20-17-14-11-8-5-2/h11,14,20,23,52,56-59,61,65-66H,4-10,12-13,15-19,21-22,24-51H2,1-3H3,(H,67,68)/b14-11-,23-20-. The summed E-state index contributed by atoms with van der Waals surface area (Å²) in [6, 6.07) is 0. The molecule has 0 aromatic carbocycles. The van der Waals surface area contributed by atoms with E-state index in [-0.39, 0.29) is 25.9 Å². The Morgan fingerprint density at radius 3 is 1.29 bits per heavy atom. The quantitative estimate of drug-likeness (QED) is 0.0228. The van der Waals surface area contributed by atoms with Crippen LogP contribution in [0.2, 0.25) is 0 Å². The number of carboxylic acid groups (broad SMARTS) is 1. The van der Waals surface area contributed by atoms with Crippen LogP contribution < -0.4 is 0 Å². The van der Waals surface area contributed by atoms with Gasteiger partial charge in [-0.2, -0.15) is 0 Å². The summed E-state index contributed by atoms with van der Waals surface area (Å²) < 4.78 is 28.4. The Morgan fingerprint density at radius 2 is 0.849 bits per heavy atom. The number of aliphatic hydroxyl groups excluding tert-OH is 2. The molecule has 6 atom stereocenters. The first-order valence-electron chi connectivity index (χ1n) is 30.3. The van der Waals surface area contributed by atoms with E-state index in [1.165, 1.54) is 141 Å². The fourth-order valence-electron chi connectivity index (χ4n) is 9.35. The molecule has 0 radical (unpaired) electrons. The number of carboxylic acids is 1. The summed E-state index contributed by atoms with van der Waals surface area (Å²) in [6.45, 7) is 5.94. The van der Waals surface area contributed by atoms with Crippen molar-refractivity contribution >= 4 is 23.9 Å². The number of carbonyl (C=O) groups excluding carboxylic acids is 3. The Morgan fingerprint density at radius 1 is 0.452 bits per heavy atom. The van der Waals surface area contributed by atoms with Crippen molar-refractivity contribution < 1.29 is 58.2 Å². The highest BCUT2D eigenvalue weighted by Gasteiger charge is 2.50. The van der Waals surface area contributed by atoms with Crippen LogP contribution in [0.3, 0.4) is 0 Å². The van der Waals surface area contributed by atoms with Gasteiger partial charge in [-0.25, -0.2) is 4.79 Å². The number of unbranched alkanes of at least 4 members (excludes halogenated alkanes) is 34. The molecule has 73 heavy (non-hydrogen) atoms. The number of hydrogen-bond donors (Lipinski definition) is 3. The maximum atomic E-state index is 13.1. The van der Waals surface area contributed by atoms with Crippen molar-refractivity contribution in [3.8, 4) is 0 Å². The maximum Gasteiger partial charge on any atom is 0.335 e. The molecule has 0 aromatic rings. The maximum absolute atomic E-state index is 13.1. The van der Waals surface area contributed by atoms with Gasteiger partial charge < -0.3 is 39.0 Å². The number of allylic oxidation sites excluding steroid dienone is 4. The highest BCUT2D eigenvalue weighted by Crippen LogP contribution is 2.27. The van der Waals surface area contributed by atoms with Crippen molar-refractivity contribution in [3.63, 3.8) is 0 Å². The first kappa shape index (κ1) is 68.2. The molecule has 3 N–H and O–H groups in total. The molecule has 0 bridgehead atoms. The van der Waals surface area contributed by atoms with Crippen molar-refractivity contribution in [1.29, 1.82) is 0 Å². The Bertz CT molecular complexity index is 1370. The average Bonchev–Trinajstić information content (AvgIpc) is 3.37. The lowest BCUT2D eigenvalue weighted by Gasteiger charge is -2.40. The van der Waals surface area contributed by atoms with E-state index in [0.717, 1.165) is 89.9 Å². The second-order valence-electron chi connectivity index (χ2n) is 21.0. The third-order valence-corrected chi connectivity index (χ3v) is 14.0. The molecule has 0 saturated carbocycles. The number of rotatable bonds is 52. The van der Waals surface area contributed by atoms with Gasteiger partial charge in [-0.05, 0) is 44.9 Å². The average molecular weight is 1040 g/mol. The summed E-state index contributed by atoms with van der Waals surface area (Å²) in [6.07, 6.45) is 44.4. The Balaban J connectivity index is 2.63. The summed E-state index contributed by atoms with van der Waals surface area (Å²) in [7, 11) is 0. The van der Waals surface area contributed by atoms with Crippen molar-refractivity contribution in [2.45, 2.75) is 327 Å². The summed E-state index contributed by atoms with van der Waals surface area (Å²) in [5.41, 5.74) is 0. The molecule has 0 spiro atoms. The van der Waals surface area contributed by atoms with Gasteiger partial charge in [-0.1, -0.05) is 251 Å². The second-order valence-corrected chi connectivity index (χ2v) is 21.0. The van der Waals surface area contributed by atoms with Crippen LogP contribution in [-0.4, -0.2) is 89.2 Å². The van der Waals surface area contributed by atoms with Crippen LogP contribution in [0.25, 0.3) is 0 Å². The number of hydrogen-bond acceptors (Lipinski definition) is 11. The number of aliphatic carboxylic acids is 1. The van der Waals surface area contributed by atoms with Gasteiger partial charge in [-0.3, -0.25) is 14.4 Å². The monoisotopic (exact) mass is 1030 g/mol. The number of carbonyl (C=O) groups is 4. The van der Waals surface area contributed by atoms with Crippen LogP contribution in [0.15, 0.2) is 24.3 Å². The van der Waals surface area contributed by atoms with Gasteiger partial charge in [0.25, 0.3) is 0 Å². The minimum Gasteiger partial charge on any atom is -0.479 e. The number of esters is 3. The molecule has 1 aliphatic heterocycles. The Labute approximate surface area is 445 Å². The molecular formula is C61H110O12. The van der Waals surface area contributed by atoms with Gasteiger partial charge in [0.15, 0.2) is 24.6 Å². The molecule has 1 fully saturated rings. The summed E-state index contributed by atoms with van der Waals surface area (Å²) in [5.74, 6) is -3.10. The molecule has 12 heteroatoms. The van der Waals surface area contributed by atoms with E-state index in [0.29, 0.717) is 19.3 Å². The van der Waals surface area contributed by atoms with Crippen molar-refractivity contribution in [3.05, 3.63) is 24.3 Å². The van der Waals surface area contributed by atoms with Gasteiger partial charge in [0.2, 0.25) is 0 Å². The lowest BCUT2D eigenvalue weighted by molar-refractivity contribution is -0.301. The summed E-state index contributed by atoms with van der Waals surface area (Å²) in [4.78, 5) is 51.0. The normalized spacial score (nSPS) is 18.4. The highest BCUT2D eigenvalue weighted by atomic mass is 16.7. The zero-order valence-corrected chi connectivity index (χ0v) is 46.9. The van der Waals surface area contributed by atoms with Gasteiger partial charge >= 0.3 is 23.9 Å². The van der Waals surface area contributed by atoms with E-state index < -0.39 is 67.3 Å². The number of ether oxygens (including phenoxy) is 5. The zero-order chi connectivity index (χ0) is 53.3. The molecule has 1 saturated heterocycles. The van der Waals surface area contributed by atoms with E-state index in [9.17, 15) is 34.5 Å². The molecule has 426 valence electrons. The number of aliphatic hydroxyl groups is 2. The lowest BCUT2D eigenvalue weighted by atomic mass is 9.98. The van der Waals surface area contributed by atoms with Gasteiger partial charge in [0.1, 0.15) is 18.8 Å². The molecule has 1 aliphatic rings. The van der Waals surface area contributed by atoms with E-state index in [2.05, 4.69) is 45.1 Å². The fraction of sp³-hybridized carbons (Fsp3) is 0.869. The molecular weight excluding hydrogens is 925 g/mol. The smallest absolute Gasteiger partial charge is 0.335 e. The molecule has 12 nitrogen and oxygen atoms in total. The minimum atomic E-state index is -1.90. The molecule has 0 aliphatic carbocycles. The topological polar surface area (TPSA) is 175 Å². The van der Waals surface area contributed by atoms with Crippen LogP contribution in [0.1, 0.15) is 290 Å². The SMILES string of the molecule is CCC/C=C\C/C=C\CCCCCCCC(=O)OC1C(OCC(COC(=O)CCCCCCCCCCCCCCCCCCCCC)OC(=O)CCCCCCCCCCCCC)OC(C(=O)O)C(O)C1O. The summed E-state index contributed by atoms with van der Waals surface area (Å²) in [5, 5.41) is 31.4. The van der Waals surface area contributed by atoms with Gasteiger partial charge in [0.05, 0.1) is 6.61 Å². The van der Waals surface area contributed by atoms with Crippen molar-refractivity contribution in [1.82, 2.24) is 0 Å². The zero-order valence-electron chi connectivity index (χ0n) is 46.9. The van der Waals surface area contributed by atoms with Crippen LogP contribution in [-0.2, 0) is 42.9 Å². The molecule has 0 aromatic heterocycles. The Kier molecular flexibility index (Phi) is 46.8. The molecule has 1 heterocycles. The second kappa shape index (κ2) is 50.0. The van der Waals surface area contributed by atoms with E-state index in [1.54, 1.807) is 0 Å². The van der Waals surface area contributed by atoms with Gasteiger partial charge in [-0.15, -0.1) is 0 Å². The molecule has 0 amide bonds. The van der Waals surface area contributed by atoms with Crippen molar-refractivity contribution in [2.24, 2.45) is 0 Å². The largest absolute Gasteiger partial charge is 0.479 e. The third kappa shape index (κ3) is 40.2. The van der Waals surface area contributed by atoms with Crippen LogP contribution in [0, 0.1) is 0 Å². The highest BCUT2D eigenvalue weighted by molar-refractivity contribution is 5.74. The fourth-order valence-corrected chi connectivity index (χ4v) is 9.35. The van der Waals surface area contributed by atoms with Crippen LogP contribution in [0.5, 0.6) is 0 Å². The first-order valence-corrected chi connectivity index (χ1v) is 30.3. The first-order chi connectivity index (χ1) is 35.6. The van der Waals surface area contributed by atoms with Crippen molar-refractivity contribution in [2.75, 3.05) is 13.2 Å². The predicted octanol–water partition coefficient (Wildman–Crippen LogP) is 15.5. The lowest BCUT2D eigenvalue weighted by Crippen LogP contribution is -2.61. The van der Waals surface area contributed by atoms with E-state index in [4.69, 9.17) is 23.7 Å². The van der Waals surface area contributed by atoms with Crippen LogP contribution in [0.4, 0.5) is 0 Å². The Hall–Kier alpha value is -2.80. The molecule has 1 rings (SSSR count). The summed E-state index contributed by atoms with van der Waals surface area (Å²) >= 11 is 0. The predicted molar refractivity (Wildman–Crippen MR) is 294 cm³/mol. The van der Waals surface area contributed by atoms with E-state index in [1.807, 2.05) is 0 Å². The van der Waals surface area contributed by atoms with E-state index >= 15 is 0 Å². The van der Waals surface area contributed by atoms with Crippen LogP contribution >= 0.6 is 0 Å².